The molecule has 0 radical (unpaired) electrons. The predicted octanol–water partition coefficient (Wildman–Crippen LogP) is 0.614. The average molecular weight is 277 g/mol. The Balaban J connectivity index is 1.94. The topological polar surface area (TPSA) is 61.4 Å². The lowest BCUT2D eigenvalue weighted by atomic mass is 10.2. The highest BCUT2D eigenvalue weighted by atomic mass is 16.1. The zero-order valence-electron chi connectivity index (χ0n) is 12.5. The zero-order valence-corrected chi connectivity index (χ0v) is 12.5. The van der Waals surface area contributed by atoms with E-state index < -0.39 is 0 Å². The number of aromatic nitrogens is 2. The van der Waals surface area contributed by atoms with E-state index in [2.05, 4.69) is 46.0 Å². The second kappa shape index (κ2) is 6.65. The molecule has 0 bridgehead atoms. The van der Waals surface area contributed by atoms with Crippen LogP contribution in [0.3, 0.4) is 0 Å². The summed E-state index contributed by atoms with van der Waals surface area (Å²) < 4.78 is 0. The molecule has 1 aliphatic rings. The summed E-state index contributed by atoms with van der Waals surface area (Å²) in [6, 6.07) is 0. The Bertz CT molecular complexity index is 437. The smallest absolute Gasteiger partial charge is 0.271 e. The summed E-state index contributed by atoms with van der Waals surface area (Å²) in [5.74, 6) is 1.12. The molecule has 0 atom stereocenters. The van der Waals surface area contributed by atoms with Crippen LogP contribution in [0, 0.1) is 5.92 Å². The van der Waals surface area contributed by atoms with E-state index in [0.29, 0.717) is 18.2 Å². The van der Waals surface area contributed by atoms with E-state index in [4.69, 9.17) is 0 Å². The van der Waals surface area contributed by atoms with Crippen molar-refractivity contribution in [2.75, 3.05) is 44.7 Å². The van der Waals surface area contributed by atoms with Gasteiger partial charge in [-0.05, 0) is 13.0 Å². The maximum absolute atomic E-state index is 11.8. The Labute approximate surface area is 120 Å². The van der Waals surface area contributed by atoms with Gasteiger partial charge in [-0.1, -0.05) is 13.8 Å². The van der Waals surface area contributed by atoms with Crippen molar-refractivity contribution in [1.82, 2.24) is 20.2 Å². The van der Waals surface area contributed by atoms with E-state index in [-0.39, 0.29) is 5.91 Å². The van der Waals surface area contributed by atoms with Crippen LogP contribution in [-0.2, 0) is 0 Å². The molecule has 0 aromatic carbocycles. The van der Waals surface area contributed by atoms with Crippen LogP contribution in [0.4, 0.5) is 5.82 Å². The molecule has 1 saturated heterocycles. The van der Waals surface area contributed by atoms with E-state index in [0.717, 1.165) is 32.0 Å². The third kappa shape index (κ3) is 3.90. The molecule has 1 fully saturated rings. The molecular weight excluding hydrogens is 254 g/mol. The minimum Gasteiger partial charge on any atom is -0.353 e. The van der Waals surface area contributed by atoms with Crippen molar-refractivity contribution in [3.8, 4) is 0 Å². The van der Waals surface area contributed by atoms with Gasteiger partial charge in [-0.15, -0.1) is 0 Å². The molecule has 1 aromatic heterocycles. The number of carbonyl (C=O) groups excluding carboxylic acids is 1. The Morgan fingerprint density at radius 2 is 1.95 bits per heavy atom. The van der Waals surface area contributed by atoms with Gasteiger partial charge in [0.15, 0.2) is 0 Å². The standard InChI is InChI=1S/C14H23N5O/c1-11(2)8-17-14(20)12-9-16-13(10-15-12)19-6-4-18(3)5-7-19/h9-11H,4-8H2,1-3H3,(H,17,20). The lowest BCUT2D eigenvalue weighted by Gasteiger charge is -2.32. The van der Waals surface area contributed by atoms with E-state index in [1.807, 2.05) is 0 Å². The van der Waals surface area contributed by atoms with Crippen molar-refractivity contribution in [3.05, 3.63) is 18.1 Å². The van der Waals surface area contributed by atoms with E-state index in [1.165, 1.54) is 0 Å². The fraction of sp³-hybridized carbons (Fsp3) is 0.643. The molecule has 0 saturated carbocycles. The van der Waals surface area contributed by atoms with E-state index in [1.54, 1.807) is 12.4 Å². The average Bonchev–Trinajstić information content (AvgIpc) is 2.46. The molecule has 1 aliphatic heterocycles. The van der Waals surface area contributed by atoms with Gasteiger partial charge in [0.2, 0.25) is 0 Å². The molecule has 1 N–H and O–H groups in total. The number of amides is 1. The Hall–Kier alpha value is -1.69. The monoisotopic (exact) mass is 277 g/mol. The first kappa shape index (κ1) is 14.7. The fourth-order valence-corrected chi connectivity index (χ4v) is 2.02. The number of likely N-dealkylation sites (N-methyl/N-ethyl adjacent to an activating group) is 1. The highest BCUT2D eigenvalue weighted by Crippen LogP contribution is 2.11. The molecule has 110 valence electrons. The van der Waals surface area contributed by atoms with Gasteiger partial charge in [0.25, 0.3) is 5.91 Å². The molecule has 2 heterocycles. The van der Waals surface area contributed by atoms with Gasteiger partial charge >= 0.3 is 0 Å². The first-order valence-corrected chi connectivity index (χ1v) is 7.10. The van der Waals surface area contributed by atoms with Gasteiger partial charge in [0.1, 0.15) is 11.5 Å². The summed E-state index contributed by atoms with van der Waals surface area (Å²) in [5.41, 5.74) is 0.378. The van der Waals surface area contributed by atoms with Crippen LogP contribution in [0.5, 0.6) is 0 Å². The zero-order chi connectivity index (χ0) is 14.5. The van der Waals surface area contributed by atoms with Crippen LogP contribution >= 0.6 is 0 Å². The van der Waals surface area contributed by atoms with Crippen molar-refractivity contribution in [1.29, 1.82) is 0 Å². The summed E-state index contributed by atoms with van der Waals surface area (Å²) in [7, 11) is 2.12. The number of nitrogens with zero attached hydrogens (tertiary/aromatic N) is 4. The SMILES string of the molecule is CC(C)CNC(=O)c1cnc(N2CCN(C)CC2)cn1. The Morgan fingerprint density at radius 3 is 2.50 bits per heavy atom. The van der Waals surface area contributed by atoms with Gasteiger partial charge in [0, 0.05) is 32.7 Å². The highest BCUT2D eigenvalue weighted by molar-refractivity contribution is 5.91. The van der Waals surface area contributed by atoms with Gasteiger partial charge in [0.05, 0.1) is 12.4 Å². The molecular formula is C14H23N5O. The van der Waals surface area contributed by atoms with Crippen molar-refractivity contribution < 1.29 is 4.79 Å². The van der Waals surface area contributed by atoms with Crippen molar-refractivity contribution in [3.63, 3.8) is 0 Å². The maximum atomic E-state index is 11.8. The summed E-state index contributed by atoms with van der Waals surface area (Å²) in [5, 5.41) is 2.84. The van der Waals surface area contributed by atoms with Gasteiger partial charge < -0.3 is 15.1 Å². The van der Waals surface area contributed by atoms with Gasteiger partial charge in [-0.2, -0.15) is 0 Å². The molecule has 0 aliphatic carbocycles. The van der Waals surface area contributed by atoms with E-state index in [9.17, 15) is 4.79 Å². The number of nitrogens with one attached hydrogen (secondary N) is 1. The normalized spacial score (nSPS) is 16.5. The second-order valence-electron chi connectivity index (χ2n) is 5.65. The third-order valence-corrected chi connectivity index (χ3v) is 3.37. The molecule has 6 heteroatoms. The van der Waals surface area contributed by atoms with Crippen LogP contribution in [0.15, 0.2) is 12.4 Å². The van der Waals surface area contributed by atoms with Crippen LogP contribution in [0.25, 0.3) is 0 Å². The molecule has 2 rings (SSSR count). The predicted molar refractivity (Wildman–Crippen MR) is 78.9 cm³/mol. The maximum Gasteiger partial charge on any atom is 0.271 e. The molecule has 0 spiro atoms. The van der Waals surface area contributed by atoms with E-state index >= 15 is 0 Å². The largest absolute Gasteiger partial charge is 0.353 e. The minimum absolute atomic E-state index is 0.156. The molecule has 0 unspecified atom stereocenters. The van der Waals surface area contributed by atoms with Crippen LogP contribution in [0.2, 0.25) is 0 Å². The number of hydrogen-bond donors (Lipinski definition) is 1. The Morgan fingerprint density at radius 1 is 1.25 bits per heavy atom. The fourth-order valence-electron chi connectivity index (χ4n) is 2.02. The van der Waals surface area contributed by atoms with Gasteiger partial charge in [-0.25, -0.2) is 9.97 Å². The first-order chi connectivity index (χ1) is 9.56. The number of hydrogen-bond acceptors (Lipinski definition) is 5. The van der Waals surface area contributed by atoms with Crippen molar-refractivity contribution >= 4 is 11.7 Å². The summed E-state index contributed by atoms with van der Waals surface area (Å²) in [6.07, 6.45) is 3.25. The number of piperazine rings is 1. The highest BCUT2D eigenvalue weighted by Gasteiger charge is 2.16. The summed E-state index contributed by atoms with van der Waals surface area (Å²) >= 11 is 0. The number of anilines is 1. The quantitative estimate of drug-likeness (QED) is 0.874. The molecule has 20 heavy (non-hydrogen) atoms. The number of carbonyl (C=O) groups is 1. The molecule has 6 nitrogen and oxygen atoms in total. The third-order valence-electron chi connectivity index (χ3n) is 3.37. The lowest BCUT2D eigenvalue weighted by Crippen LogP contribution is -2.44. The van der Waals surface area contributed by atoms with Crippen molar-refractivity contribution in [2.45, 2.75) is 13.8 Å². The van der Waals surface area contributed by atoms with Crippen molar-refractivity contribution in [2.24, 2.45) is 5.92 Å². The van der Waals surface area contributed by atoms with Crippen LogP contribution in [-0.4, -0.2) is 60.5 Å². The van der Waals surface area contributed by atoms with Gasteiger partial charge in [-0.3, -0.25) is 4.79 Å². The Kier molecular flexibility index (Phi) is 4.89. The number of rotatable bonds is 4. The second-order valence-corrected chi connectivity index (χ2v) is 5.65. The summed E-state index contributed by atoms with van der Waals surface area (Å²) in [6.45, 7) is 8.72. The molecule has 1 aromatic rings. The first-order valence-electron chi connectivity index (χ1n) is 7.10. The lowest BCUT2D eigenvalue weighted by molar-refractivity contribution is 0.0943. The minimum atomic E-state index is -0.156. The summed E-state index contributed by atoms with van der Waals surface area (Å²) in [4.78, 5) is 24.9. The van der Waals surface area contributed by atoms with Crippen LogP contribution in [0.1, 0.15) is 24.3 Å². The van der Waals surface area contributed by atoms with Crippen LogP contribution < -0.4 is 10.2 Å². The molecule has 1 amide bonds.